The third kappa shape index (κ3) is 2.69. The van der Waals surface area contributed by atoms with Crippen molar-refractivity contribution in [1.29, 1.82) is 0 Å². The number of benzene rings is 1. The second kappa shape index (κ2) is 5.04. The smallest absolute Gasteiger partial charge is 0.233 e. The second-order valence-electron chi connectivity index (χ2n) is 5.77. The number of carbonyl (C=O) groups excluding carboxylic acids is 1. The molecule has 20 heavy (non-hydrogen) atoms. The Labute approximate surface area is 124 Å². The summed E-state index contributed by atoms with van der Waals surface area (Å²) in [6, 6.07) is 4.91. The number of alkyl halides is 1. The van der Waals surface area contributed by atoms with Gasteiger partial charge in [0.25, 0.3) is 0 Å². The number of amides is 1. The molecule has 1 aliphatic heterocycles. The molecule has 0 atom stereocenters. The molecule has 1 aromatic rings. The predicted octanol–water partition coefficient (Wildman–Crippen LogP) is 2.24. The van der Waals surface area contributed by atoms with Crippen molar-refractivity contribution in [2.75, 3.05) is 23.6 Å². The fraction of sp³-hybridized carbons (Fsp3) is 0.500. The first kappa shape index (κ1) is 15.3. The first-order valence-electron chi connectivity index (χ1n) is 6.38. The summed E-state index contributed by atoms with van der Waals surface area (Å²) in [5, 5.41) is 0. The van der Waals surface area contributed by atoms with Gasteiger partial charge in [-0.1, -0.05) is 13.8 Å². The highest BCUT2D eigenvalue weighted by molar-refractivity contribution is 7.90. The number of rotatable bonds is 3. The number of halogens is 1. The number of fused-ring (bicyclic) bond motifs is 1. The van der Waals surface area contributed by atoms with Crippen LogP contribution < -0.4 is 4.90 Å². The summed E-state index contributed by atoms with van der Waals surface area (Å²) in [6.45, 7) is 4.16. The van der Waals surface area contributed by atoms with Gasteiger partial charge < -0.3 is 4.90 Å². The zero-order chi connectivity index (χ0) is 15.1. The fourth-order valence-electron chi connectivity index (χ4n) is 2.53. The number of carbonyl (C=O) groups is 1. The summed E-state index contributed by atoms with van der Waals surface area (Å²) in [4.78, 5) is 14.4. The van der Waals surface area contributed by atoms with Crippen molar-refractivity contribution in [1.82, 2.24) is 0 Å². The molecule has 0 saturated heterocycles. The highest BCUT2D eigenvalue weighted by atomic mass is 35.5. The largest absolute Gasteiger partial charge is 0.310 e. The van der Waals surface area contributed by atoms with E-state index in [-0.39, 0.29) is 10.8 Å². The Balaban J connectivity index is 2.57. The van der Waals surface area contributed by atoms with Crippen LogP contribution >= 0.6 is 11.6 Å². The van der Waals surface area contributed by atoms with Gasteiger partial charge >= 0.3 is 0 Å². The minimum Gasteiger partial charge on any atom is -0.310 e. The van der Waals surface area contributed by atoms with Crippen LogP contribution in [-0.2, 0) is 21.1 Å². The zero-order valence-corrected chi connectivity index (χ0v) is 13.4. The lowest BCUT2D eigenvalue weighted by atomic mass is 9.80. The average molecular weight is 316 g/mol. The molecular formula is C14H18ClNO3S. The molecule has 0 N–H and O–H groups in total. The maximum atomic E-state index is 12.4. The Kier molecular flexibility index (Phi) is 3.86. The van der Waals surface area contributed by atoms with E-state index in [2.05, 4.69) is 0 Å². The van der Waals surface area contributed by atoms with Crippen LogP contribution in [-0.4, -0.2) is 33.0 Å². The zero-order valence-electron chi connectivity index (χ0n) is 11.8. The van der Waals surface area contributed by atoms with Crippen LogP contribution in [0.4, 0.5) is 5.69 Å². The van der Waals surface area contributed by atoms with Gasteiger partial charge in [-0.05, 0) is 30.2 Å². The number of anilines is 1. The van der Waals surface area contributed by atoms with Crippen LogP contribution in [0.25, 0.3) is 0 Å². The SMILES string of the molecule is CC1(C)Cc2cc(S(C)(=O)=O)ccc2N(CCCl)C1=O. The highest BCUT2D eigenvalue weighted by Gasteiger charge is 2.38. The molecule has 6 heteroatoms. The van der Waals surface area contributed by atoms with Crippen molar-refractivity contribution < 1.29 is 13.2 Å². The quantitative estimate of drug-likeness (QED) is 0.804. The lowest BCUT2D eigenvalue weighted by molar-refractivity contribution is -0.127. The van der Waals surface area contributed by atoms with Crippen LogP contribution in [0, 0.1) is 5.41 Å². The number of hydrogen-bond donors (Lipinski definition) is 0. The fourth-order valence-corrected chi connectivity index (χ4v) is 3.37. The van der Waals surface area contributed by atoms with Gasteiger partial charge in [0.05, 0.1) is 4.90 Å². The van der Waals surface area contributed by atoms with E-state index < -0.39 is 15.3 Å². The molecule has 1 aromatic carbocycles. The van der Waals surface area contributed by atoms with Gasteiger partial charge in [0, 0.05) is 29.8 Å². The van der Waals surface area contributed by atoms with Gasteiger partial charge in [0.15, 0.2) is 9.84 Å². The summed E-state index contributed by atoms with van der Waals surface area (Å²) in [5.41, 5.74) is 1.10. The lowest BCUT2D eigenvalue weighted by Crippen LogP contribution is -2.47. The molecular weight excluding hydrogens is 298 g/mol. The van der Waals surface area contributed by atoms with Gasteiger partial charge in [-0.3, -0.25) is 4.79 Å². The lowest BCUT2D eigenvalue weighted by Gasteiger charge is -2.38. The Morgan fingerprint density at radius 3 is 2.55 bits per heavy atom. The highest BCUT2D eigenvalue weighted by Crippen LogP contribution is 2.38. The van der Waals surface area contributed by atoms with Crippen molar-refractivity contribution in [2.24, 2.45) is 5.41 Å². The van der Waals surface area contributed by atoms with Crippen LogP contribution in [0.3, 0.4) is 0 Å². The van der Waals surface area contributed by atoms with Crippen molar-refractivity contribution in [2.45, 2.75) is 25.2 Å². The summed E-state index contributed by atoms with van der Waals surface area (Å²) in [7, 11) is -3.25. The topological polar surface area (TPSA) is 54.5 Å². The van der Waals surface area contributed by atoms with E-state index >= 15 is 0 Å². The van der Waals surface area contributed by atoms with Crippen LogP contribution in [0.15, 0.2) is 23.1 Å². The molecule has 1 aliphatic rings. The van der Waals surface area contributed by atoms with Crippen LogP contribution in [0.5, 0.6) is 0 Å². The van der Waals surface area contributed by atoms with Crippen LogP contribution in [0.2, 0.25) is 0 Å². The molecule has 110 valence electrons. The molecule has 0 aromatic heterocycles. The van der Waals surface area contributed by atoms with Gasteiger partial charge in [-0.25, -0.2) is 8.42 Å². The Bertz CT molecular complexity index is 652. The molecule has 1 amide bonds. The Morgan fingerprint density at radius 2 is 2.00 bits per heavy atom. The molecule has 4 nitrogen and oxygen atoms in total. The van der Waals surface area contributed by atoms with Crippen molar-refractivity contribution in [3.8, 4) is 0 Å². The predicted molar refractivity (Wildman–Crippen MR) is 80.1 cm³/mol. The number of hydrogen-bond acceptors (Lipinski definition) is 3. The molecule has 1 heterocycles. The Morgan fingerprint density at radius 1 is 1.35 bits per heavy atom. The van der Waals surface area contributed by atoms with Crippen molar-refractivity contribution in [3.05, 3.63) is 23.8 Å². The van der Waals surface area contributed by atoms with E-state index in [1.807, 2.05) is 13.8 Å². The molecule has 0 radical (unpaired) electrons. The maximum Gasteiger partial charge on any atom is 0.233 e. The molecule has 0 saturated carbocycles. The molecule has 0 bridgehead atoms. The summed E-state index contributed by atoms with van der Waals surface area (Å²) < 4.78 is 23.3. The molecule has 0 spiro atoms. The standard InChI is InChI=1S/C14H18ClNO3S/c1-14(2)9-10-8-11(20(3,18)19)4-5-12(10)16(7-6-15)13(14)17/h4-5,8H,6-7,9H2,1-3H3. The maximum absolute atomic E-state index is 12.4. The first-order chi connectivity index (χ1) is 9.16. The summed E-state index contributed by atoms with van der Waals surface area (Å²) in [6.07, 6.45) is 1.72. The molecule has 0 unspecified atom stereocenters. The molecule has 2 rings (SSSR count). The summed E-state index contributed by atoms with van der Waals surface area (Å²) >= 11 is 5.77. The van der Waals surface area contributed by atoms with Gasteiger partial charge in [0.1, 0.15) is 0 Å². The molecule has 0 aliphatic carbocycles. The second-order valence-corrected chi connectivity index (χ2v) is 8.16. The molecule has 0 fully saturated rings. The first-order valence-corrected chi connectivity index (χ1v) is 8.80. The number of nitrogens with zero attached hydrogens (tertiary/aromatic N) is 1. The Hall–Kier alpha value is -1.07. The summed E-state index contributed by atoms with van der Waals surface area (Å²) in [5.74, 6) is 0.368. The van der Waals surface area contributed by atoms with E-state index in [1.54, 1.807) is 23.1 Å². The van der Waals surface area contributed by atoms with E-state index in [1.165, 1.54) is 6.26 Å². The van der Waals surface area contributed by atoms with E-state index in [0.717, 1.165) is 11.3 Å². The van der Waals surface area contributed by atoms with E-state index in [4.69, 9.17) is 11.6 Å². The third-order valence-electron chi connectivity index (χ3n) is 3.53. The van der Waals surface area contributed by atoms with Gasteiger partial charge in [-0.2, -0.15) is 0 Å². The minimum atomic E-state index is -3.25. The monoisotopic (exact) mass is 315 g/mol. The van der Waals surface area contributed by atoms with Gasteiger partial charge in [0.2, 0.25) is 5.91 Å². The normalized spacial score (nSPS) is 18.0. The van der Waals surface area contributed by atoms with Gasteiger partial charge in [-0.15, -0.1) is 11.6 Å². The van der Waals surface area contributed by atoms with Crippen molar-refractivity contribution >= 4 is 33.0 Å². The third-order valence-corrected chi connectivity index (χ3v) is 4.81. The number of sulfone groups is 1. The van der Waals surface area contributed by atoms with Crippen LogP contribution in [0.1, 0.15) is 19.4 Å². The van der Waals surface area contributed by atoms with E-state index in [9.17, 15) is 13.2 Å². The minimum absolute atomic E-state index is 0.0257. The average Bonchev–Trinajstić information content (AvgIpc) is 2.32. The van der Waals surface area contributed by atoms with Crippen molar-refractivity contribution in [3.63, 3.8) is 0 Å². The van der Waals surface area contributed by atoms with E-state index in [0.29, 0.717) is 18.8 Å².